The minimum Gasteiger partial charge on any atom is -0.342 e. The van der Waals surface area contributed by atoms with Crippen LogP contribution >= 0.6 is 11.6 Å². The number of nitrogens with zero attached hydrogens (tertiary/aromatic N) is 3. The molecule has 132 valence electrons. The minimum atomic E-state index is 0.219. The number of rotatable bonds is 3. The Labute approximate surface area is 153 Å². The summed E-state index contributed by atoms with van der Waals surface area (Å²) in [6.07, 6.45) is 0.429. The minimum absolute atomic E-state index is 0.219. The first-order valence-electron chi connectivity index (χ1n) is 8.82. The molecule has 4 rings (SSSR count). The van der Waals surface area contributed by atoms with Crippen LogP contribution in [0.4, 0.5) is 0 Å². The highest BCUT2D eigenvalue weighted by molar-refractivity contribution is 6.30. The summed E-state index contributed by atoms with van der Waals surface area (Å²) >= 11 is 5.97. The summed E-state index contributed by atoms with van der Waals surface area (Å²) in [5.41, 5.74) is 3.94. The van der Waals surface area contributed by atoms with Crippen molar-refractivity contribution in [3.63, 3.8) is 0 Å². The van der Waals surface area contributed by atoms with Crippen molar-refractivity contribution >= 4 is 17.5 Å². The number of nitrogens with one attached hydrogen (secondary N) is 1. The summed E-state index contributed by atoms with van der Waals surface area (Å²) in [7, 11) is 0. The van der Waals surface area contributed by atoms with E-state index < -0.39 is 0 Å². The lowest BCUT2D eigenvalue weighted by atomic mass is 10.0. The molecule has 0 radical (unpaired) electrons. The summed E-state index contributed by atoms with van der Waals surface area (Å²) < 4.78 is 1.90. The van der Waals surface area contributed by atoms with Crippen molar-refractivity contribution in [1.29, 1.82) is 0 Å². The van der Waals surface area contributed by atoms with E-state index >= 15 is 0 Å². The molecule has 0 aliphatic carbocycles. The molecule has 2 saturated heterocycles. The van der Waals surface area contributed by atoms with Crippen LogP contribution in [0.2, 0.25) is 5.02 Å². The lowest BCUT2D eigenvalue weighted by molar-refractivity contribution is -0.129. The number of carbonyl (C=O) groups is 1. The number of hydrogen-bond acceptors (Lipinski definition) is 3. The Morgan fingerprint density at radius 1 is 1.20 bits per heavy atom. The van der Waals surface area contributed by atoms with Gasteiger partial charge in [-0.3, -0.25) is 4.79 Å². The predicted octanol–water partition coefficient (Wildman–Crippen LogP) is 2.36. The smallest absolute Gasteiger partial charge is 0.227 e. The molecular formula is C19H23ClN4O. The number of hydrogen-bond donors (Lipinski definition) is 1. The molecule has 6 heteroatoms. The average molecular weight is 359 g/mol. The first kappa shape index (κ1) is 16.6. The third kappa shape index (κ3) is 3.07. The van der Waals surface area contributed by atoms with Crippen molar-refractivity contribution in [3.05, 3.63) is 46.2 Å². The largest absolute Gasteiger partial charge is 0.342 e. The normalized spacial score (nSPS) is 22.4. The molecule has 0 spiro atoms. The highest BCUT2D eigenvalue weighted by Crippen LogP contribution is 2.27. The molecule has 0 bridgehead atoms. The number of amides is 1. The maximum atomic E-state index is 12.8. The van der Waals surface area contributed by atoms with Gasteiger partial charge in [-0.1, -0.05) is 11.6 Å². The molecule has 2 atom stereocenters. The van der Waals surface area contributed by atoms with E-state index in [1.165, 1.54) is 0 Å². The van der Waals surface area contributed by atoms with Gasteiger partial charge in [0, 0.05) is 42.5 Å². The first-order valence-corrected chi connectivity index (χ1v) is 9.20. The number of likely N-dealkylation sites (tertiary alicyclic amines) is 1. The molecule has 1 aromatic heterocycles. The van der Waals surface area contributed by atoms with Gasteiger partial charge in [-0.25, -0.2) is 4.68 Å². The van der Waals surface area contributed by atoms with Gasteiger partial charge in [0.25, 0.3) is 0 Å². The standard InChI is InChI=1S/C19H23ClN4O/c1-12-18(7-19(25)23-10-14-8-21-9-15(14)11-23)13(2)24(22-12)17-5-3-16(20)4-6-17/h3-6,14-15,21H,7-11H2,1-2H3/t14-,15+. The monoisotopic (exact) mass is 358 g/mol. The van der Waals surface area contributed by atoms with Crippen LogP contribution in [-0.2, 0) is 11.2 Å². The summed E-state index contributed by atoms with van der Waals surface area (Å²) in [6.45, 7) is 7.87. The van der Waals surface area contributed by atoms with Crippen molar-refractivity contribution < 1.29 is 4.79 Å². The van der Waals surface area contributed by atoms with Crippen molar-refractivity contribution in [1.82, 2.24) is 20.0 Å². The molecule has 1 aromatic carbocycles. The Morgan fingerprint density at radius 3 is 2.48 bits per heavy atom. The number of halogens is 1. The van der Waals surface area contributed by atoms with Gasteiger partial charge in [0.15, 0.2) is 0 Å². The zero-order valence-electron chi connectivity index (χ0n) is 14.6. The summed E-state index contributed by atoms with van der Waals surface area (Å²) in [5.74, 6) is 1.47. The van der Waals surface area contributed by atoms with E-state index in [4.69, 9.17) is 11.6 Å². The fourth-order valence-electron chi connectivity index (χ4n) is 4.09. The zero-order valence-corrected chi connectivity index (χ0v) is 15.4. The van der Waals surface area contributed by atoms with Crippen LogP contribution in [0.3, 0.4) is 0 Å². The van der Waals surface area contributed by atoms with Crippen molar-refractivity contribution in [2.75, 3.05) is 26.2 Å². The maximum Gasteiger partial charge on any atom is 0.227 e. The molecule has 2 fully saturated rings. The van der Waals surface area contributed by atoms with Crippen LogP contribution < -0.4 is 5.32 Å². The lowest BCUT2D eigenvalue weighted by Crippen LogP contribution is -2.33. The summed E-state index contributed by atoms with van der Waals surface area (Å²) in [6, 6.07) is 7.61. The van der Waals surface area contributed by atoms with E-state index in [0.29, 0.717) is 23.3 Å². The van der Waals surface area contributed by atoms with Gasteiger partial charge >= 0.3 is 0 Å². The van der Waals surface area contributed by atoms with E-state index in [2.05, 4.69) is 10.4 Å². The van der Waals surface area contributed by atoms with Crippen LogP contribution in [-0.4, -0.2) is 46.8 Å². The Morgan fingerprint density at radius 2 is 1.84 bits per heavy atom. The Hall–Kier alpha value is -1.85. The van der Waals surface area contributed by atoms with Gasteiger partial charge in [-0.2, -0.15) is 5.10 Å². The molecule has 2 aliphatic rings. The Balaban J connectivity index is 1.53. The van der Waals surface area contributed by atoms with Gasteiger partial charge in [-0.05, 0) is 49.9 Å². The first-order chi connectivity index (χ1) is 12.0. The van der Waals surface area contributed by atoms with Gasteiger partial charge in [0.1, 0.15) is 0 Å². The second kappa shape index (κ2) is 6.46. The van der Waals surface area contributed by atoms with Gasteiger partial charge in [0.05, 0.1) is 17.8 Å². The van der Waals surface area contributed by atoms with Crippen molar-refractivity contribution in [2.45, 2.75) is 20.3 Å². The molecule has 2 aliphatic heterocycles. The zero-order chi connectivity index (χ0) is 17.6. The number of benzene rings is 1. The quantitative estimate of drug-likeness (QED) is 0.916. The van der Waals surface area contributed by atoms with Crippen LogP contribution in [0.25, 0.3) is 5.69 Å². The molecule has 3 heterocycles. The Kier molecular flexibility index (Phi) is 4.29. The van der Waals surface area contributed by atoms with Crippen molar-refractivity contribution in [2.24, 2.45) is 11.8 Å². The molecular weight excluding hydrogens is 336 g/mol. The molecule has 0 unspecified atom stereocenters. The fraction of sp³-hybridized carbons (Fsp3) is 0.474. The molecule has 25 heavy (non-hydrogen) atoms. The third-order valence-electron chi connectivity index (χ3n) is 5.58. The average Bonchev–Trinajstić information content (AvgIpc) is 3.25. The molecule has 0 saturated carbocycles. The van der Waals surface area contributed by atoms with Crippen molar-refractivity contribution in [3.8, 4) is 5.69 Å². The lowest BCUT2D eigenvalue weighted by Gasteiger charge is -2.17. The summed E-state index contributed by atoms with van der Waals surface area (Å²) in [4.78, 5) is 14.8. The Bertz CT molecular complexity index is 787. The SMILES string of the molecule is Cc1nn(-c2ccc(Cl)cc2)c(C)c1CC(=O)N1C[C@H]2CNC[C@H]2C1. The maximum absolute atomic E-state index is 12.8. The van der Waals surface area contributed by atoms with Gasteiger partial charge in [-0.15, -0.1) is 0 Å². The highest BCUT2D eigenvalue weighted by atomic mass is 35.5. The summed E-state index contributed by atoms with van der Waals surface area (Å²) in [5, 5.41) is 8.76. The van der Waals surface area contributed by atoms with E-state index in [9.17, 15) is 4.79 Å². The highest BCUT2D eigenvalue weighted by Gasteiger charge is 2.38. The molecule has 2 aromatic rings. The number of carbonyl (C=O) groups excluding carboxylic acids is 1. The van der Waals surface area contributed by atoms with Crippen LogP contribution in [0.15, 0.2) is 24.3 Å². The molecule has 5 nitrogen and oxygen atoms in total. The van der Waals surface area contributed by atoms with E-state index in [1.54, 1.807) is 0 Å². The van der Waals surface area contributed by atoms with Crippen LogP contribution in [0, 0.1) is 25.7 Å². The van der Waals surface area contributed by atoms with Gasteiger partial charge in [0.2, 0.25) is 5.91 Å². The van der Waals surface area contributed by atoms with Gasteiger partial charge < -0.3 is 10.2 Å². The number of aryl methyl sites for hydroxylation is 1. The molecule has 1 amide bonds. The van der Waals surface area contributed by atoms with E-state index in [1.807, 2.05) is 47.7 Å². The second-order valence-corrected chi connectivity index (χ2v) is 7.63. The third-order valence-corrected chi connectivity index (χ3v) is 5.83. The number of aromatic nitrogens is 2. The predicted molar refractivity (Wildman–Crippen MR) is 98.2 cm³/mol. The van der Waals surface area contributed by atoms with E-state index in [0.717, 1.165) is 48.8 Å². The van der Waals surface area contributed by atoms with E-state index in [-0.39, 0.29) is 5.91 Å². The molecule has 1 N–H and O–H groups in total. The topological polar surface area (TPSA) is 50.2 Å². The van der Waals surface area contributed by atoms with Crippen LogP contribution in [0.5, 0.6) is 0 Å². The number of fused-ring (bicyclic) bond motifs is 1. The van der Waals surface area contributed by atoms with Crippen LogP contribution in [0.1, 0.15) is 17.0 Å². The second-order valence-electron chi connectivity index (χ2n) is 7.19. The fourth-order valence-corrected chi connectivity index (χ4v) is 4.21.